The summed E-state index contributed by atoms with van der Waals surface area (Å²) in [7, 11) is 0. The summed E-state index contributed by atoms with van der Waals surface area (Å²) in [4.78, 5) is 11.4. The van der Waals surface area contributed by atoms with Crippen LogP contribution >= 0.6 is 0 Å². The lowest BCUT2D eigenvalue weighted by molar-refractivity contribution is 0.418. The van der Waals surface area contributed by atoms with Crippen LogP contribution in [0.4, 0.5) is 5.69 Å². The minimum absolute atomic E-state index is 0.0969. The Kier molecular flexibility index (Phi) is 2.06. The standard InChI is InChI=1S/C9H9N3O2/c10-8-1-2-9(13)12(5-8)4-7-3-11-14-6-7/h1-3,5-6H,4,10H2. The minimum atomic E-state index is -0.0969. The fourth-order valence-electron chi connectivity index (χ4n) is 1.17. The first-order valence-corrected chi connectivity index (χ1v) is 4.10. The molecule has 14 heavy (non-hydrogen) atoms. The van der Waals surface area contributed by atoms with Gasteiger partial charge in [0.15, 0.2) is 0 Å². The second kappa shape index (κ2) is 3.37. The lowest BCUT2D eigenvalue weighted by Gasteiger charge is -2.02. The van der Waals surface area contributed by atoms with Gasteiger partial charge in [0.2, 0.25) is 0 Å². The maximum atomic E-state index is 11.4. The van der Waals surface area contributed by atoms with Gasteiger partial charge >= 0.3 is 0 Å². The van der Waals surface area contributed by atoms with Gasteiger partial charge in [0.25, 0.3) is 5.56 Å². The average molecular weight is 191 g/mol. The molecule has 0 radical (unpaired) electrons. The highest BCUT2D eigenvalue weighted by Gasteiger charge is 1.99. The van der Waals surface area contributed by atoms with Crippen molar-refractivity contribution in [2.24, 2.45) is 0 Å². The number of rotatable bonds is 2. The number of pyridine rings is 1. The van der Waals surface area contributed by atoms with Crippen molar-refractivity contribution >= 4 is 5.69 Å². The molecule has 0 saturated heterocycles. The largest absolute Gasteiger partial charge is 0.398 e. The number of anilines is 1. The van der Waals surface area contributed by atoms with E-state index in [0.717, 1.165) is 5.56 Å². The van der Waals surface area contributed by atoms with Crippen molar-refractivity contribution in [3.63, 3.8) is 0 Å². The van der Waals surface area contributed by atoms with Gasteiger partial charge in [-0.05, 0) is 6.07 Å². The molecule has 72 valence electrons. The van der Waals surface area contributed by atoms with Gasteiger partial charge in [0.1, 0.15) is 6.26 Å². The molecule has 2 N–H and O–H groups in total. The Morgan fingerprint density at radius 2 is 2.36 bits per heavy atom. The van der Waals surface area contributed by atoms with Gasteiger partial charge in [-0.15, -0.1) is 0 Å². The van der Waals surface area contributed by atoms with Crippen LogP contribution in [0.1, 0.15) is 5.56 Å². The van der Waals surface area contributed by atoms with Crippen molar-refractivity contribution < 1.29 is 4.52 Å². The smallest absolute Gasteiger partial charge is 0.250 e. The van der Waals surface area contributed by atoms with E-state index in [0.29, 0.717) is 12.2 Å². The first-order valence-electron chi connectivity index (χ1n) is 4.10. The molecule has 2 aromatic heterocycles. The molecule has 0 atom stereocenters. The van der Waals surface area contributed by atoms with Gasteiger partial charge < -0.3 is 14.8 Å². The SMILES string of the molecule is Nc1ccc(=O)n(Cc2cnoc2)c1. The lowest BCUT2D eigenvalue weighted by atomic mass is 10.3. The van der Waals surface area contributed by atoms with Crippen molar-refractivity contribution in [3.05, 3.63) is 46.7 Å². The van der Waals surface area contributed by atoms with E-state index in [2.05, 4.69) is 9.68 Å². The second-order valence-corrected chi connectivity index (χ2v) is 2.96. The molecule has 0 amide bonds. The highest BCUT2D eigenvalue weighted by Crippen LogP contribution is 2.01. The number of nitrogen functional groups attached to an aromatic ring is 1. The summed E-state index contributed by atoms with van der Waals surface area (Å²) in [5.74, 6) is 0. The number of nitrogens with zero attached hydrogens (tertiary/aromatic N) is 2. The van der Waals surface area contributed by atoms with E-state index >= 15 is 0 Å². The van der Waals surface area contributed by atoms with Gasteiger partial charge in [-0.1, -0.05) is 5.16 Å². The Bertz CT molecular complexity index is 473. The van der Waals surface area contributed by atoms with E-state index in [-0.39, 0.29) is 5.56 Å². The third-order valence-corrected chi connectivity index (χ3v) is 1.84. The Morgan fingerprint density at radius 1 is 1.50 bits per heavy atom. The molecule has 0 bridgehead atoms. The number of hydrogen-bond donors (Lipinski definition) is 1. The molecule has 0 aliphatic heterocycles. The summed E-state index contributed by atoms with van der Waals surface area (Å²) >= 11 is 0. The van der Waals surface area contributed by atoms with Gasteiger partial charge in [0.05, 0.1) is 12.7 Å². The highest BCUT2D eigenvalue weighted by molar-refractivity contribution is 5.33. The Hall–Kier alpha value is -2.04. The molecule has 0 spiro atoms. The lowest BCUT2D eigenvalue weighted by Crippen LogP contribution is -2.19. The van der Waals surface area contributed by atoms with E-state index in [1.807, 2.05) is 0 Å². The van der Waals surface area contributed by atoms with Crippen LogP contribution in [0.2, 0.25) is 0 Å². The van der Waals surface area contributed by atoms with E-state index in [4.69, 9.17) is 5.73 Å². The molecule has 0 saturated carbocycles. The zero-order valence-corrected chi connectivity index (χ0v) is 7.38. The van der Waals surface area contributed by atoms with Gasteiger partial charge in [-0.3, -0.25) is 4.79 Å². The zero-order chi connectivity index (χ0) is 9.97. The summed E-state index contributed by atoms with van der Waals surface area (Å²) in [5, 5.41) is 3.55. The Labute approximate surface area is 79.7 Å². The van der Waals surface area contributed by atoms with Crippen LogP contribution in [0, 0.1) is 0 Å². The fraction of sp³-hybridized carbons (Fsp3) is 0.111. The molecule has 0 aromatic carbocycles. The summed E-state index contributed by atoms with van der Waals surface area (Å²) in [6, 6.07) is 3.01. The summed E-state index contributed by atoms with van der Waals surface area (Å²) < 4.78 is 6.16. The Balaban J connectivity index is 2.33. The van der Waals surface area contributed by atoms with Crippen molar-refractivity contribution in [2.45, 2.75) is 6.54 Å². The topological polar surface area (TPSA) is 74.1 Å². The maximum Gasteiger partial charge on any atom is 0.250 e. The van der Waals surface area contributed by atoms with Crippen LogP contribution in [-0.4, -0.2) is 9.72 Å². The van der Waals surface area contributed by atoms with Gasteiger partial charge in [-0.25, -0.2) is 0 Å². The fourth-order valence-corrected chi connectivity index (χ4v) is 1.17. The summed E-state index contributed by atoms with van der Waals surface area (Å²) in [6.45, 7) is 0.424. The zero-order valence-electron chi connectivity index (χ0n) is 7.38. The molecular formula is C9H9N3O2. The number of nitrogens with two attached hydrogens (primary N) is 1. The molecular weight excluding hydrogens is 182 g/mol. The third-order valence-electron chi connectivity index (χ3n) is 1.84. The number of hydrogen-bond acceptors (Lipinski definition) is 4. The first kappa shape index (κ1) is 8.55. The van der Waals surface area contributed by atoms with Crippen molar-refractivity contribution in [1.82, 2.24) is 9.72 Å². The van der Waals surface area contributed by atoms with Gasteiger partial charge in [0, 0.05) is 23.5 Å². The van der Waals surface area contributed by atoms with E-state index in [1.165, 1.54) is 16.9 Å². The molecule has 5 nitrogen and oxygen atoms in total. The van der Waals surface area contributed by atoms with Crippen LogP contribution in [0.5, 0.6) is 0 Å². The first-order chi connectivity index (χ1) is 6.75. The highest BCUT2D eigenvalue weighted by atomic mass is 16.5. The van der Waals surface area contributed by atoms with Crippen LogP contribution < -0.4 is 11.3 Å². The predicted octanol–water partition coefficient (Wildman–Crippen LogP) is 0.467. The quantitative estimate of drug-likeness (QED) is 0.748. The van der Waals surface area contributed by atoms with E-state index in [9.17, 15) is 4.79 Å². The average Bonchev–Trinajstić information content (AvgIpc) is 2.64. The van der Waals surface area contributed by atoms with Crippen molar-refractivity contribution in [3.8, 4) is 0 Å². The molecule has 2 rings (SSSR count). The molecule has 2 aromatic rings. The predicted molar refractivity (Wildman–Crippen MR) is 50.7 cm³/mol. The van der Waals surface area contributed by atoms with Crippen LogP contribution in [0.25, 0.3) is 0 Å². The molecule has 0 unspecified atom stereocenters. The van der Waals surface area contributed by atoms with Crippen molar-refractivity contribution in [2.75, 3.05) is 5.73 Å². The normalized spacial score (nSPS) is 10.3. The summed E-state index contributed by atoms with van der Waals surface area (Å²) in [5.41, 5.74) is 6.85. The molecule has 0 aliphatic rings. The molecule has 5 heteroatoms. The van der Waals surface area contributed by atoms with Gasteiger partial charge in [-0.2, -0.15) is 0 Å². The second-order valence-electron chi connectivity index (χ2n) is 2.96. The number of aromatic nitrogens is 2. The third kappa shape index (κ3) is 1.66. The van der Waals surface area contributed by atoms with E-state index < -0.39 is 0 Å². The monoisotopic (exact) mass is 191 g/mol. The van der Waals surface area contributed by atoms with Crippen LogP contribution in [0.3, 0.4) is 0 Å². The minimum Gasteiger partial charge on any atom is -0.398 e. The summed E-state index contributed by atoms with van der Waals surface area (Å²) in [6.07, 6.45) is 4.65. The molecule has 0 aliphatic carbocycles. The Morgan fingerprint density at radius 3 is 3.07 bits per heavy atom. The maximum absolute atomic E-state index is 11.4. The molecule has 0 fully saturated rings. The molecule has 2 heterocycles. The van der Waals surface area contributed by atoms with E-state index in [1.54, 1.807) is 18.5 Å². The van der Waals surface area contributed by atoms with Crippen LogP contribution in [0.15, 0.2) is 40.1 Å². The van der Waals surface area contributed by atoms with Crippen LogP contribution in [-0.2, 0) is 6.54 Å². The van der Waals surface area contributed by atoms with Crippen molar-refractivity contribution in [1.29, 1.82) is 0 Å².